The zero-order chi connectivity index (χ0) is 15.6. The number of amides is 1. The zero-order valence-corrected chi connectivity index (χ0v) is 13.8. The van der Waals surface area contributed by atoms with E-state index in [9.17, 15) is 4.79 Å². The van der Waals surface area contributed by atoms with Gasteiger partial charge in [0.2, 0.25) is 5.91 Å². The van der Waals surface area contributed by atoms with Crippen molar-refractivity contribution in [1.82, 2.24) is 5.32 Å². The minimum atomic E-state index is -0.361. The van der Waals surface area contributed by atoms with Crippen molar-refractivity contribution < 1.29 is 4.79 Å². The van der Waals surface area contributed by atoms with Gasteiger partial charge in [-0.15, -0.1) is 0 Å². The van der Waals surface area contributed by atoms with Gasteiger partial charge in [-0.1, -0.05) is 58.4 Å². The highest BCUT2D eigenvalue weighted by atomic mass is 79.9. The van der Waals surface area contributed by atoms with Crippen molar-refractivity contribution >= 4 is 21.8 Å². The molecular weight excluding hydrogens is 340 g/mol. The largest absolute Gasteiger partial charge is 0.353 e. The molecular formula is C18H19BrN2O. The molecule has 3 rings (SSSR count). The van der Waals surface area contributed by atoms with E-state index in [1.54, 1.807) is 0 Å². The lowest BCUT2D eigenvalue weighted by Crippen LogP contribution is -2.38. The highest BCUT2D eigenvalue weighted by Gasteiger charge is 2.51. The molecule has 0 heterocycles. The Hall–Kier alpha value is -1.65. The third-order valence-electron chi connectivity index (χ3n) is 4.27. The number of rotatable bonds is 5. The monoisotopic (exact) mass is 358 g/mol. The molecule has 2 aromatic carbocycles. The molecule has 0 aliphatic heterocycles. The Morgan fingerprint density at radius 2 is 1.91 bits per heavy atom. The van der Waals surface area contributed by atoms with Gasteiger partial charge in [-0.25, -0.2) is 0 Å². The van der Waals surface area contributed by atoms with Crippen molar-refractivity contribution in [3.63, 3.8) is 0 Å². The van der Waals surface area contributed by atoms with E-state index in [0.717, 1.165) is 28.4 Å². The summed E-state index contributed by atoms with van der Waals surface area (Å²) in [6.07, 6.45) is 1.80. The predicted octanol–water partition coefficient (Wildman–Crippen LogP) is 3.30. The normalized spacial score (nSPS) is 16.8. The maximum atomic E-state index is 12.6. The third-order valence-corrected chi connectivity index (χ3v) is 4.77. The quantitative estimate of drug-likeness (QED) is 0.861. The number of nitrogens with one attached hydrogen (secondary N) is 1. The summed E-state index contributed by atoms with van der Waals surface area (Å²) < 4.78 is 1.00. The number of halogens is 1. The van der Waals surface area contributed by atoms with Gasteiger partial charge < -0.3 is 11.1 Å². The molecule has 0 radical (unpaired) electrons. The lowest BCUT2D eigenvalue weighted by Gasteiger charge is -2.18. The summed E-state index contributed by atoms with van der Waals surface area (Å²) in [5, 5.41) is 3.02. The van der Waals surface area contributed by atoms with Crippen LogP contribution in [0.15, 0.2) is 59.1 Å². The van der Waals surface area contributed by atoms with Gasteiger partial charge in [0, 0.05) is 17.1 Å². The van der Waals surface area contributed by atoms with E-state index in [2.05, 4.69) is 21.2 Å². The fourth-order valence-electron chi connectivity index (χ4n) is 2.75. The molecule has 3 nitrogen and oxygen atoms in total. The first-order valence-electron chi connectivity index (χ1n) is 7.47. The van der Waals surface area contributed by atoms with Gasteiger partial charge in [-0.3, -0.25) is 4.79 Å². The Morgan fingerprint density at radius 3 is 2.55 bits per heavy atom. The summed E-state index contributed by atoms with van der Waals surface area (Å²) in [6.45, 7) is 0.457. The predicted molar refractivity (Wildman–Crippen MR) is 91.4 cm³/mol. The molecule has 22 heavy (non-hydrogen) atoms. The maximum Gasteiger partial charge on any atom is 0.230 e. The Labute approximate surface area is 139 Å². The first-order chi connectivity index (χ1) is 10.6. The number of carbonyl (C=O) groups excluding carboxylic acids is 1. The Balaban J connectivity index is 1.65. The molecule has 0 bridgehead atoms. The highest BCUT2D eigenvalue weighted by Crippen LogP contribution is 2.48. The summed E-state index contributed by atoms with van der Waals surface area (Å²) in [5.74, 6) is 0.0805. The fraction of sp³-hybridized carbons (Fsp3) is 0.278. The van der Waals surface area contributed by atoms with Crippen LogP contribution in [0.3, 0.4) is 0 Å². The lowest BCUT2D eigenvalue weighted by molar-refractivity contribution is -0.123. The Morgan fingerprint density at radius 1 is 1.18 bits per heavy atom. The summed E-state index contributed by atoms with van der Waals surface area (Å²) in [4.78, 5) is 12.6. The number of hydrogen-bond donors (Lipinski definition) is 2. The van der Waals surface area contributed by atoms with Gasteiger partial charge in [0.15, 0.2) is 0 Å². The van der Waals surface area contributed by atoms with Crippen molar-refractivity contribution in [2.45, 2.75) is 24.3 Å². The summed E-state index contributed by atoms with van der Waals surface area (Å²) in [5.41, 5.74) is 7.90. The molecule has 2 aromatic rings. The van der Waals surface area contributed by atoms with E-state index in [1.807, 2.05) is 54.6 Å². The SMILES string of the molecule is NC(CNC(=O)C1(c2cccc(Br)c2)CC1)c1ccccc1. The molecule has 0 spiro atoms. The number of carbonyl (C=O) groups is 1. The average Bonchev–Trinajstić information content (AvgIpc) is 3.35. The molecule has 1 aliphatic carbocycles. The third kappa shape index (κ3) is 3.08. The van der Waals surface area contributed by atoms with E-state index in [-0.39, 0.29) is 17.4 Å². The minimum Gasteiger partial charge on any atom is -0.353 e. The van der Waals surface area contributed by atoms with Crippen LogP contribution in [-0.2, 0) is 10.2 Å². The fourth-order valence-corrected chi connectivity index (χ4v) is 3.15. The Kier molecular flexibility index (Phi) is 4.32. The first kappa shape index (κ1) is 15.3. The molecule has 1 unspecified atom stereocenters. The summed E-state index contributed by atoms with van der Waals surface area (Å²) >= 11 is 3.47. The molecule has 0 saturated heterocycles. The smallest absolute Gasteiger partial charge is 0.230 e. The highest BCUT2D eigenvalue weighted by molar-refractivity contribution is 9.10. The van der Waals surface area contributed by atoms with Gasteiger partial charge in [-0.2, -0.15) is 0 Å². The standard InChI is InChI=1S/C18H19BrN2O/c19-15-8-4-7-14(11-15)18(9-10-18)17(22)21-12-16(20)13-5-2-1-3-6-13/h1-8,11,16H,9-10,12,20H2,(H,21,22). The molecule has 3 N–H and O–H groups in total. The van der Waals surface area contributed by atoms with Crippen LogP contribution in [0.1, 0.15) is 30.0 Å². The average molecular weight is 359 g/mol. The topological polar surface area (TPSA) is 55.1 Å². The lowest BCUT2D eigenvalue weighted by atomic mass is 9.95. The molecule has 114 valence electrons. The zero-order valence-electron chi connectivity index (χ0n) is 12.3. The van der Waals surface area contributed by atoms with Gasteiger partial charge in [0.1, 0.15) is 0 Å². The molecule has 4 heteroatoms. The van der Waals surface area contributed by atoms with Crippen LogP contribution in [0.2, 0.25) is 0 Å². The minimum absolute atomic E-state index is 0.0805. The second-order valence-corrected chi connectivity index (χ2v) is 6.74. The maximum absolute atomic E-state index is 12.6. The van der Waals surface area contributed by atoms with Crippen LogP contribution in [0, 0.1) is 0 Å². The van der Waals surface area contributed by atoms with Crippen LogP contribution in [-0.4, -0.2) is 12.5 Å². The molecule has 1 amide bonds. The van der Waals surface area contributed by atoms with Crippen molar-refractivity contribution in [1.29, 1.82) is 0 Å². The van der Waals surface area contributed by atoms with Gasteiger partial charge in [0.25, 0.3) is 0 Å². The van der Waals surface area contributed by atoms with Crippen molar-refractivity contribution in [2.24, 2.45) is 5.73 Å². The van der Waals surface area contributed by atoms with Gasteiger partial charge in [0.05, 0.1) is 5.41 Å². The number of benzene rings is 2. The van der Waals surface area contributed by atoms with Crippen LogP contribution >= 0.6 is 15.9 Å². The molecule has 1 aliphatic rings. The van der Waals surface area contributed by atoms with Crippen LogP contribution in [0.5, 0.6) is 0 Å². The summed E-state index contributed by atoms with van der Waals surface area (Å²) in [7, 11) is 0. The van der Waals surface area contributed by atoms with Crippen LogP contribution in [0.25, 0.3) is 0 Å². The Bertz CT molecular complexity index is 668. The first-order valence-corrected chi connectivity index (χ1v) is 8.26. The van der Waals surface area contributed by atoms with E-state index in [4.69, 9.17) is 5.73 Å². The second kappa shape index (κ2) is 6.23. The van der Waals surface area contributed by atoms with E-state index >= 15 is 0 Å². The van der Waals surface area contributed by atoms with Crippen LogP contribution in [0.4, 0.5) is 0 Å². The number of nitrogens with two attached hydrogens (primary N) is 1. The summed E-state index contributed by atoms with van der Waals surface area (Å²) in [6, 6.07) is 17.7. The molecule has 1 saturated carbocycles. The van der Waals surface area contributed by atoms with E-state index in [1.165, 1.54) is 0 Å². The van der Waals surface area contributed by atoms with E-state index in [0.29, 0.717) is 6.54 Å². The van der Waals surface area contributed by atoms with Crippen molar-refractivity contribution in [2.75, 3.05) is 6.54 Å². The number of hydrogen-bond acceptors (Lipinski definition) is 2. The second-order valence-electron chi connectivity index (χ2n) is 5.82. The van der Waals surface area contributed by atoms with Crippen molar-refractivity contribution in [3.05, 3.63) is 70.2 Å². The molecule has 1 fully saturated rings. The van der Waals surface area contributed by atoms with Crippen LogP contribution < -0.4 is 11.1 Å². The van der Waals surface area contributed by atoms with E-state index < -0.39 is 0 Å². The molecule has 0 aromatic heterocycles. The van der Waals surface area contributed by atoms with Gasteiger partial charge >= 0.3 is 0 Å². The van der Waals surface area contributed by atoms with Gasteiger partial charge in [-0.05, 0) is 36.1 Å². The van der Waals surface area contributed by atoms with Crippen molar-refractivity contribution in [3.8, 4) is 0 Å². The molecule has 1 atom stereocenters.